The molecule has 0 unspecified atom stereocenters. The number of carbonyl (C=O) groups is 2. The minimum absolute atomic E-state index is 0.340. The molecule has 1 aliphatic heterocycles. The second kappa shape index (κ2) is 9.20. The molecule has 0 N–H and O–H groups in total. The Morgan fingerprint density at radius 1 is 0.758 bits per heavy atom. The van der Waals surface area contributed by atoms with E-state index in [1.807, 2.05) is 99.7 Å². The number of rotatable bonds is 7. The molecule has 0 bridgehead atoms. The van der Waals surface area contributed by atoms with Crippen LogP contribution >= 0.6 is 0 Å². The number of imide groups is 1. The Labute approximate surface area is 194 Å². The first-order chi connectivity index (χ1) is 15.9. The van der Waals surface area contributed by atoms with Crippen molar-refractivity contribution in [2.75, 3.05) is 42.4 Å². The lowest BCUT2D eigenvalue weighted by atomic mass is 10.0. The molecule has 0 aromatic heterocycles. The van der Waals surface area contributed by atoms with E-state index >= 15 is 0 Å². The van der Waals surface area contributed by atoms with Gasteiger partial charge in [0.25, 0.3) is 11.8 Å². The summed E-state index contributed by atoms with van der Waals surface area (Å²) in [7, 11) is 5.70. The molecule has 1 heterocycles. The molecule has 2 amide bonds. The molecule has 0 saturated carbocycles. The van der Waals surface area contributed by atoms with Gasteiger partial charge in [-0.2, -0.15) is 0 Å². The first-order valence-corrected chi connectivity index (χ1v) is 10.8. The van der Waals surface area contributed by atoms with Gasteiger partial charge in [-0.05, 0) is 61.0 Å². The van der Waals surface area contributed by atoms with Crippen molar-refractivity contribution in [3.63, 3.8) is 0 Å². The van der Waals surface area contributed by atoms with Crippen LogP contribution in [0.5, 0.6) is 5.75 Å². The zero-order chi connectivity index (χ0) is 23.5. The second-order valence-corrected chi connectivity index (χ2v) is 7.93. The third kappa shape index (κ3) is 4.20. The summed E-state index contributed by atoms with van der Waals surface area (Å²) in [5, 5.41) is 0. The molecule has 4 rings (SSSR count). The predicted octanol–water partition coefficient (Wildman–Crippen LogP) is 4.57. The van der Waals surface area contributed by atoms with Gasteiger partial charge < -0.3 is 14.5 Å². The molecule has 0 spiro atoms. The molecular weight excluding hydrogens is 414 g/mol. The molecule has 0 radical (unpaired) electrons. The van der Waals surface area contributed by atoms with E-state index in [1.165, 1.54) is 4.90 Å². The summed E-state index contributed by atoms with van der Waals surface area (Å²) < 4.78 is 5.54. The van der Waals surface area contributed by atoms with Gasteiger partial charge in [0.15, 0.2) is 0 Å². The number of para-hydroxylation sites is 1. The fourth-order valence-corrected chi connectivity index (χ4v) is 3.89. The first-order valence-electron chi connectivity index (χ1n) is 10.8. The summed E-state index contributed by atoms with van der Waals surface area (Å²) >= 11 is 0. The van der Waals surface area contributed by atoms with Crippen LogP contribution in [-0.4, -0.2) is 39.6 Å². The normalized spacial score (nSPS) is 13.5. The Balaban J connectivity index is 1.80. The van der Waals surface area contributed by atoms with Crippen molar-refractivity contribution in [1.82, 2.24) is 0 Å². The lowest BCUT2D eigenvalue weighted by Gasteiger charge is -2.22. The van der Waals surface area contributed by atoms with Gasteiger partial charge >= 0.3 is 0 Å². The molecule has 0 atom stereocenters. The molecule has 1 aliphatic rings. The SMILES string of the molecule is CCOc1ccc(C2=C(N(C)c3ccccc3)C(=O)N(c3ccc(N(C)C)cc3)C2=O)cc1. The summed E-state index contributed by atoms with van der Waals surface area (Å²) in [4.78, 5) is 32.3. The van der Waals surface area contributed by atoms with Crippen LogP contribution in [0.15, 0.2) is 84.6 Å². The molecule has 3 aromatic carbocycles. The Kier molecular flexibility index (Phi) is 6.18. The third-order valence-electron chi connectivity index (χ3n) is 5.62. The third-order valence-corrected chi connectivity index (χ3v) is 5.62. The summed E-state index contributed by atoms with van der Waals surface area (Å²) in [6.45, 7) is 2.47. The van der Waals surface area contributed by atoms with Crippen LogP contribution in [0.3, 0.4) is 0 Å². The van der Waals surface area contributed by atoms with Gasteiger partial charge in [-0.3, -0.25) is 9.59 Å². The van der Waals surface area contributed by atoms with Crippen molar-refractivity contribution in [2.24, 2.45) is 0 Å². The quantitative estimate of drug-likeness (QED) is 0.503. The lowest BCUT2D eigenvalue weighted by Crippen LogP contribution is -2.34. The Hall–Kier alpha value is -4.06. The van der Waals surface area contributed by atoms with Gasteiger partial charge in [0, 0.05) is 32.5 Å². The standard InChI is InChI=1S/C27H27N3O3/c1-5-33-23-17-11-19(12-18-23)24-25(29(4)21-9-7-6-8-10-21)27(32)30(26(24)31)22-15-13-20(14-16-22)28(2)3/h6-18H,5H2,1-4H3. The topological polar surface area (TPSA) is 53.1 Å². The average molecular weight is 442 g/mol. The first kappa shape index (κ1) is 22.1. The number of anilines is 3. The van der Waals surface area contributed by atoms with Crippen LogP contribution < -0.4 is 19.4 Å². The van der Waals surface area contributed by atoms with Crippen LogP contribution in [0.4, 0.5) is 17.1 Å². The smallest absolute Gasteiger partial charge is 0.282 e. The van der Waals surface area contributed by atoms with Crippen molar-refractivity contribution in [3.8, 4) is 5.75 Å². The Bertz CT molecular complexity index is 1180. The predicted molar refractivity (Wildman–Crippen MR) is 133 cm³/mol. The second-order valence-electron chi connectivity index (χ2n) is 7.93. The molecule has 6 heteroatoms. The largest absolute Gasteiger partial charge is 0.494 e. The Morgan fingerprint density at radius 3 is 1.97 bits per heavy atom. The number of hydrogen-bond acceptors (Lipinski definition) is 5. The molecular formula is C27H27N3O3. The lowest BCUT2D eigenvalue weighted by molar-refractivity contribution is -0.120. The maximum absolute atomic E-state index is 13.7. The monoisotopic (exact) mass is 441 g/mol. The maximum atomic E-state index is 13.7. The fourth-order valence-electron chi connectivity index (χ4n) is 3.89. The molecule has 168 valence electrons. The number of likely N-dealkylation sites (N-methyl/N-ethyl adjacent to an activating group) is 1. The van der Waals surface area contributed by atoms with Crippen LogP contribution in [0, 0.1) is 0 Å². The van der Waals surface area contributed by atoms with E-state index in [4.69, 9.17) is 4.74 Å². The fraction of sp³-hybridized carbons (Fsp3) is 0.185. The number of nitrogens with zero attached hydrogens (tertiary/aromatic N) is 3. The maximum Gasteiger partial charge on any atom is 0.282 e. The van der Waals surface area contributed by atoms with Gasteiger partial charge in [-0.25, -0.2) is 4.90 Å². The number of ether oxygens (including phenoxy) is 1. The summed E-state index contributed by atoms with van der Waals surface area (Å²) in [5.74, 6) is 0.0140. The van der Waals surface area contributed by atoms with Crippen molar-refractivity contribution < 1.29 is 14.3 Å². The van der Waals surface area contributed by atoms with E-state index in [0.717, 1.165) is 11.4 Å². The van der Waals surface area contributed by atoms with E-state index < -0.39 is 0 Å². The Morgan fingerprint density at radius 2 is 1.39 bits per heavy atom. The zero-order valence-electron chi connectivity index (χ0n) is 19.3. The number of hydrogen-bond donors (Lipinski definition) is 0. The highest BCUT2D eigenvalue weighted by Crippen LogP contribution is 2.37. The van der Waals surface area contributed by atoms with Gasteiger partial charge in [0.1, 0.15) is 11.4 Å². The number of amides is 2. The zero-order valence-corrected chi connectivity index (χ0v) is 19.3. The van der Waals surface area contributed by atoms with Crippen LogP contribution in [0.25, 0.3) is 5.57 Å². The van der Waals surface area contributed by atoms with E-state index in [9.17, 15) is 9.59 Å². The van der Waals surface area contributed by atoms with Crippen LogP contribution in [0.1, 0.15) is 12.5 Å². The molecule has 0 saturated heterocycles. The van der Waals surface area contributed by atoms with Crippen molar-refractivity contribution in [3.05, 3.63) is 90.1 Å². The number of benzene rings is 3. The van der Waals surface area contributed by atoms with Crippen molar-refractivity contribution >= 4 is 34.4 Å². The molecule has 0 fully saturated rings. The van der Waals surface area contributed by atoms with Crippen molar-refractivity contribution in [2.45, 2.75) is 6.92 Å². The summed E-state index contributed by atoms with van der Waals surface area (Å²) in [5.41, 5.74) is 3.72. The molecule has 6 nitrogen and oxygen atoms in total. The summed E-state index contributed by atoms with van der Waals surface area (Å²) in [6, 6.07) is 24.2. The molecule has 3 aromatic rings. The highest BCUT2D eigenvalue weighted by atomic mass is 16.5. The summed E-state index contributed by atoms with van der Waals surface area (Å²) in [6.07, 6.45) is 0. The van der Waals surface area contributed by atoms with E-state index in [1.54, 1.807) is 17.0 Å². The molecule has 33 heavy (non-hydrogen) atoms. The van der Waals surface area contributed by atoms with E-state index in [0.29, 0.717) is 34.9 Å². The van der Waals surface area contributed by atoms with Crippen molar-refractivity contribution in [1.29, 1.82) is 0 Å². The van der Waals surface area contributed by atoms with Gasteiger partial charge in [-0.15, -0.1) is 0 Å². The average Bonchev–Trinajstić information content (AvgIpc) is 3.09. The highest BCUT2D eigenvalue weighted by molar-refractivity contribution is 6.46. The minimum Gasteiger partial charge on any atom is -0.494 e. The van der Waals surface area contributed by atoms with Crippen LogP contribution in [-0.2, 0) is 9.59 Å². The molecule has 0 aliphatic carbocycles. The highest BCUT2D eigenvalue weighted by Gasteiger charge is 2.42. The van der Waals surface area contributed by atoms with E-state index in [2.05, 4.69) is 0 Å². The van der Waals surface area contributed by atoms with Gasteiger partial charge in [0.05, 0.1) is 17.9 Å². The minimum atomic E-state index is -0.354. The van der Waals surface area contributed by atoms with Gasteiger partial charge in [-0.1, -0.05) is 30.3 Å². The van der Waals surface area contributed by atoms with E-state index in [-0.39, 0.29) is 11.8 Å². The number of carbonyl (C=O) groups excluding carboxylic acids is 2. The van der Waals surface area contributed by atoms with Gasteiger partial charge in [0.2, 0.25) is 0 Å². The van der Waals surface area contributed by atoms with Crippen LogP contribution in [0.2, 0.25) is 0 Å².